The van der Waals surface area contributed by atoms with Crippen LogP contribution in [0.4, 0.5) is 0 Å². The van der Waals surface area contributed by atoms with Crippen LogP contribution in [-0.4, -0.2) is 62.9 Å². The third-order valence-electron chi connectivity index (χ3n) is 3.39. The maximum absolute atomic E-state index is 12.6. The van der Waals surface area contributed by atoms with Gasteiger partial charge in [0.2, 0.25) is 0 Å². The Morgan fingerprint density at radius 1 is 1.17 bits per heavy atom. The van der Waals surface area contributed by atoms with E-state index in [1.807, 2.05) is 0 Å². The van der Waals surface area contributed by atoms with Crippen LogP contribution in [0.3, 0.4) is 0 Å². The summed E-state index contributed by atoms with van der Waals surface area (Å²) in [5, 5.41) is 9.17. The molecular weight excluding hydrogens is 302 g/mol. The van der Waals surface area contributed by atoms with Crippen molar-refractivity contribution >= 4 is 11.9 Å². The summed E-state index contributed by atoms with van der Waals surface area (Å²) < 4.78 is 15.0. The molecule has 0 heterocycles. The number of carbonyl (C=O) groups is 2. The summed E-state index contributed by atoms with van der Waals surface area (Å²) in [7, 11) is 4.29. The van der Waals surface area contributed by atoms with Gasteiger partial charge >= 0.3 is 5.97 Å². The molecule has 0 saturated heterocycles. The van der Waals surface area contributed by atoms with E-state index in [0.717, 1.165) is 0 Å². The smallest absolute Gasteiger partial charge is 0.310 e. The van der Waals surface area contributed by atoms with Gasteiger partial charge in [-0.3, -0.25) is 9.59 Å². The van der Waals surface area contributed by atoms with Crippen LogP contribution in [0.5, 0.6) is 11.5 Å². The van der Waals surface area contributed by atoms with Gasteiger partial charge in [-0.15, -0.1) is 0 Å². The molecule has 0 aromatic heterocycles. The summed E-state index contributed by atoms with van der Waals surface area (Å²) in [4.78, 5) is 25.6. The van der Waals surface area contributed by atoms with Gasteiger partial charge in [0.1, 0.15) is 0 Å². The van der Waals surface area contributed by atoms with Crippen LogP contribution >= 0.6 is 0 Å². The third kappa shape index (κ3) is 4.85. The van der Waals surface area contributed by atoms with E-state index in [1.54, 1.807) is 25.1 Å². The molecular formula is C16H23NO6. The van der Waals surface area contributed by atoms with Gasteiger partial charge in [0.05, 0.1) is 33.9 Å². The molecule has 1 rings (SSSR count). The van der Waals surface area contributed by atoms with E-state index in [2.05, 4.69) is 4.74 Å². The highest BCUT2D eigenvalue weighted by Crippen LogP contribution is 2.28. The van der Waals surface area contributed by atoms with Crippen LogP contribution in [0.15, 0.2) is 18.2 Å². The van der Waals surface area contributed by atoms with Crippen molar-refractivity contribution in [3.8, 4) is 11.5 Å². The third-order valence-corrected chi connectivity index (χ3v) is 3.39. The van der Waals surface area contributed by atoms with Gasteiger partial charge in [-0.1, -0.05) is 6.92 Å². The Hall–Kier alpha value is -2.28. The molecule has 1 aromatic carbocycles. The van der Waals surface area contributed by atoms with E-state index in [1.165, 1.54) is 26.2 Å². The van der Waals surface area contributed by atoms with Gasteiger partial charge < -0.3 is 24.2 Å². The molecule has 1 unspecified atom stereocenters. The van der Waals surface area contributed by atoms with Crippen molar-refractivity contribution in [3.05, 3.63) is 23.8 Å². The van der Waals surface area contributed by atoms with Gasteiger partial charge in [0.25, 0.3) is 5.91 Å². The van der Waals surface area contributed by atoms with Crippen molar-refractivity contribution < 1.29 is 28.9 Å². The number of methoxy groups -OCH3 is 3. The summed E-state index contributed by atoms with van der Waals surface area (Å²) in [5.41, 5.74) is 0.383. The number of hydrogen-bond donors (Lipinski definition) is 1. The van der Waals surface area contributed by atoms with E-state index in [4.69, 9.17) is 14.6 Å². The highest BCUT2D eigenvalue weighted by atomic mass is 16.5. The summed E-state index contributed by atoms with van der Waals surface area (Å²) >= 11 is 0. The average Bonchev–Trinajstić information content (AvgIpc) is 2.59. The molecule has 1 amide bonds. The van der Waals surface area contributed by atoms with Crippen LogP contribution in [0, 0.1) is 5.92 Å². The molecule has 0 aliphatic heterocycles. The first kappa shape index (κ1) is 18.8. The second-order valence-electron chi connectivity index (χ2n) is 4.97. The van der Waals surface area contributed by atoms with Gasteiger partial charge in [0.15, 0.2) is 11.5 Å². The molecule has 0 aliphatic rings. The second-order valence-corrected chi connectivity index (χ2v) is 4.97. The highest BCUT2D eigenvalue weighted by Gasteiger charge is 2.23. The topological polar surface area (TPSA) is 85.3 Å². The number of amides is 1. The van der Waals surface area contributed by atoms with Gasteiger partial charge in [-0.2, -0.15) is 0 Å². The number of hydrogen-bond acceptors (Lipinski definition) is 6. The van der Waals surface area contributed by atoms with Crippen LogP contribution in [0.2, 0.25) is 0 Å². The summed E-state index contributed by atoms with van der Waals surface area (Å²) in [5.74, 6) is -0.261. The van der Waals surface area contributed by atoms with Crippen molar-refractivity contribution in [1.82, 2.24) is 4.90 Å². The highest BCUT2D eigenvalue weighted by molar-refractivity contribution is 5.95. The Bertz CT molecular complexity index is 545. The number of nitrogens with zero attached hydrogens (tertiary/aromatic N) is 1. The summed E-state index contributed by atoms with van der Waals surface area (Å²) in [6.07, 6.45) is 0. The Morgan fingerprint density at radius 2 is 1.83 bits per heavy atom. The molecule has 1 atom stereocenters. The van der Waals surface area contributed by atoms with Crippen LogP contribution < -0.4 is 9.47 Å². The number of aliphatic hydroxyl groups is 1. The maximum atomic E-state index is 12.6. The molecule has 1 N–H and O–H groups in total. The Kier molecular flexibility index (Phi) is 7.34. The van der Waals surface area contributed by atoms with Crippen molar-refractivity contribution in [2.75, 3.05) is 41.0 Å². The summed E-state index contributed by atoms with van der Waals surface area (Å²) in [6.45, 7) is 1.74. The predicted octanol–water partition coefficient (Wildman–Crippen LogP) is 0.947. The first-order valence-electron chi connectivity index (χ1n) is 7.18. The molecule has 128 valence electrons. The van der Waals surface area contributed by atoms with E-state index in [-0.39, 0.29) is 25.6 Å². The lowest BCUT2D eigenvalue weighted by Gasteiger charge is -2.24. The minimum atomic E-state index is -0.490. The number of benzene rings is 1. The predicted molar refractivity (Wildman–Crippen MR) is 83.7 cm³/mol. The van der Waals surface area contributed by atoms with Crippen LogP contribution in [-0.2, 0) is 9.53 Å². The molecule has 0 saturated carbocycles. The SMILES string of the molecule is COC(=O)C(C)CN(CCO)C(=O)c1ccc(OC)c(OC)c1. The fourth-order valence-electron chi connectivity index (χ4n) is 2.15. The summed E-state index contributed by atoms with van der Waals surface area (Å²) in [6, 6.07) is 4.80. The zero-order valence-corrected chi connectivity index (χ0v) is 13.9. The standard InChI is InChI=1S/C16H23NO6/c1-11(16(20)23-4)10-17(7-8-18)15(19)12-5-6-13(21-2)14(9-12)22-3/h5-6,9,11,18H,7-8,10H2,1-4H3. The van der Waals surface area contributed by atoms with E-state index < -0.39 is 11.9 Å². The number of carbonyl (C=O) groups excluding carboxylic acids is 2. The van der Waals surface area contributed by atoms with Crippen LogP contribution in [0.25, 0.3) is 0 Å². The van der Waals surface area contributed by atoms with Gasteiger partial charge in [0, 0.05) is 18.7 Å². The zero-order chi connectivity index (χ0) is 17.4. The van der Waals surface area contributed by atoms with Crippen molar-refractivity contribution in [1.29, 1.82) is 0 Å². The Morgan fingerprint density at radius 3 is 2.35 bits per heavy atom. The minimum absolute atomic E-state index is 0.120. The quantitative estimate of drug-likeness (QED) is 0.716. The zero-order valence-electron chi connectivity index (χ0n) is 13.9. The first-order valence-corrected chi connectivity index (χ1v) is 7.18. The lowest BCUT2D eigenvalue weighted by Crippen LogP contribution is -2.39. The van der Waals surface area contributed by atoms with Crippen molar-refractivity contribution in [2.45, 2.75) is 6.92 Å². The second kappa shape index (κ2) is 8.99. The lowest BCUT2D eigenvalue weighted by molar-refractivity contribution is -0.145. The Balaban J connectivity index is 2.99. The fraction of sp³-hybridized carbons (Fsp3) is 0.500. The molecule has 23 heavy (non-hydrogen) atoms. The first-order chi connectivity index (χ1) is 11.0. The number of ether oxygens (including phenoxy) is 3. The molecule has 7 nitrogen and oxygen atoms in total. The maximum Gasteiger partial charge on any atom is 0.310 e. The van der Waals surface area contributed by atoms with E-state index in [9.17, 15) is 9.59 Å². The van der Waals surface area contributed by atoms with Gasteiger partial charge in [-0.05, 0) is 18.2 Å². The molecule has 0 fully saturated rings. The minimum Gasteiger partial charge on any atom is -0.493 e. The number of aliphatic hydroxyl groups excluding tert-OH is 1. The number of esters is 1. The van der Waals surface area contributed by atoms with E-state index in [0.29, 0.717) is 17.1 Å². The van der Waals surface area contributed by atoms with Crippen molar-refractivity contribution in [3.63, 3.8) is 0 Å². The number of rotatable bonds is 8. The fourth-order valence-corrected chi connectivity index (χ4v) is 2.15. The van der Waals surface area contributed by atoms with Crippen LogP contribution in [0.1, 0.15) is 17.3 Å². The molecule has 0 aliphatic carbocycles. The molecule has 0 radical (unpaired) electrons. The average molecular weight is 325 g/mol. The molecule has 1 aromatic rings. The largest absolute Gasteiger partial charge is 0.493 e. The monoisotopic (exact) mass is 325 g/mol. The van der Waals surface area contributed by atoms with Gasteiger partial charge in [-0.25, -0.2) is 0 Å². The molecule has 7 heteroatoms. The molecule has 0 bridgehead atoms. The normalized spacial score (nSPS) is 11.5. The van der Waals surface area contributed by atoms with Crippen molar-refractivity contribution in [2.24, 2.45) is 5.92 Å². The Labute approximate surface area is 135 Å². The molecule has 0 spiro atoms. The van der Waals surface area contributed by atoms with E-state index >= 15 is 0 Å². The lowest BCUT2D eigenvalue weighted by atomic mass is 10.1.